The van der Waals surface area contributed by atoms with Crippen LogP contribution in [0.1, 0.15) is 18.4 Å². The first-order chi connectivity index (χ1) is 11.0. The first-order valence-electron chi connectivity index (χ1n) is 7.68. The number of benzene rings is 1. The zero-order valence-corrected chi connectivity index (χ0v) is 14.4. The number of primary amides is 1. The Hall–Kier alpha value is -1.30. The third kappa shape index (κ3) is 5.68. The number of halogens is 2. The van der Waals surface area contributed by atoms with Gasteiger partial charge in [0, 0.05) is 23.1 Å². The molecule has 1 aliphatic heterocycles. The lowest BCUT2D eigenvalue weighted by molar-refractivity contribution is -0.126. The van der Waals surface area contributed by atoms with E-state index in [0.717, 1.165) is 24.9 Å². The Labute approximate surface area is 146 Å². The molecule has 0 radical (unpaired) electrons. The Morgan fingerprint density at radius 3 is 2.83 bits per heavy atom. The number of nitrogens with two attached hydrogens (primary N) is 1. The monoisotopic (exact) mass is 357 g/mol. The molecule has 3 N–H and O–H groups in total. The summed E-state index contributed by atoms with van der Waals surface area (Å²) < 4.78 is 0. The van der Waals surface area contributed by atoms with Crippen molar-refractivity contribution in [3.05, 3.63) is 33.8 Å². The molecule has 126 valence electrons. The van der Waals surface area contributed by atoms with Crippen molar-refractivity contribution in [1.82, 2.24) is 10.2 Å². The second-order valence-corrected chi connectivity index (χ2v) is 6.66. The van der Waals surface area contributed by atoms with Gasteiger partial charge in [0.25, 0.3) is 0 Å². The molecule has 1 atom stereocenters. The summed E-state index contributed by atoms with van der Waals surface area (Å²) in [5.41, 5.74) is 6.29. The summed E-state index contributed by atoms with van der Waals surface area (Å²) in [6.45, 7) is 2.18. The predicted molar refractivity (Wildman–Crippen MR) is 91.5 cm³/mol. The minimum absolute atomic E-state index is 0.0554. The van der Waals surface area contributed by atoms with Crippen molar-refractivity contribution >= 4 is 35.0 Å². The summed E-state index contributed by atoms with van der Waals surface area (Å²) in [5, 5.41) is 4.07. The third-order valence-electron chi connectivity index (χ3n) is 4.01. The van der Waals surface area contributed by atoms with Crippen LogP contribution in [0.3, 0.4) is 0 Å². The fraction of sp³-hybridized carbons (Fsp3) is 0.500. The van der Waals surface area contributed by atoms with E-state index in [1.165, 1.54) is 0 Å². The average Bonchev–Trinajstić information content (AvgIpc) is 2.49. The van der Waals surface area contributed by atoms with Gasteiger partial charge in [0.1, 0.15) is 0 Å². The maximum absolute atomic E-state index is 12.0. The second-order valence-electron chi connectivity index (χ2n) is 5.81. The Morgan fingerprint density at radius 1 is 1.35 bits per heavy atom. The van der Waals surface area contributed by atoms with Crippen LogP contribution in [-0.4, -0.2) is 42.9 Å². The van der Waals surface area contributed by atoms with Gasteiger partial charge in [-0.3, -0.25) is 14.5 Å². The molecule has 0 bridgehead atoms. The number of nitrogens with zero attached hydrogens (tertiary/aromatic N) is 1. The summed E-state index contributed by atoms with van der Waals surface area (Å²) in [4.78, 5) is 25.2. The molecule has 0 spiro atoms. The number of carbonyl (C=O) groups excluding carboxylic acids is 2. The van der Waals surface area contributed by atoms with Gasteiger partial charge in [-0.05, 0) is 43.5 Å². The van der Waals surface area contributed by atoms with Crippen LogP contribution >= 0.6 is 23.2 Å². The van der Waals surface area contributed by atoms with E-state index >= 15 is 0 Å². The minimum Gasteiger partial charge on any atom is -0.369 e. The number of amides is 2. The van der Waals surface area contributed by atoms with Crippen molar-refractivity contribution in [1.29, 1.82) is 0 Å². The highest BCUT2D eigenvalue weighted by atomic mass is 35.5. The fourth-order valence-electron chi connectivity index (χ4n) is 2.75. The van der Waals surface area contributed by atoms with Gasteiger partial charge in [-0.15, -0.1) is 0 Å². The summed E-state index contributed by atoms with van der Waals surface area (Å²) in [6.07, 6.45) is 2.34. The molecular formula is C16H21Cl2N3O2. The van der Waals surface area contributed by atoms with Gasteiger partial charge >= 0.3 is 0 Å². The number of piperidine rings is 1. The molecule has 0 aromatic heterocycles. The molecule has 5 nitrogen and oxygen atoms in total. The van der Waals surface area contributed by atoms with Crippen molar-refractivity contribution < 1.29 is 9.59 Å². The van der Waals surface area contributed by atoms with Crippen molar-refractivity contribution in [2.75, 3.05) is 26.2 Å². The summed E-state index contributed by atoms with van der Waals surface area (Å²) >= 11 is 11.9. The Balaban J connectivity index is 1.73. The number of carbonyl (C=O) groups is 2. The van der Waals surface area contributed by atoms with Gasteiger partial charge in [-0.2, -0.15) is 0 Å². The van der Waals surface area contributed by atoms with Gasteiger partial charge < -0.3 is 11.1 Å². The van der Waals surface area contributed by atoms with Crippen LogP contribution in [0.2, 0.25) is 10.0 Å². The molecule has 1 saturated heterocycles. The summed E-state index contributed by atoms with van der Waals surface area (Å²) in [7, 11) is 0. The quantitative estimate of drug-likeness (QED) is 0.815. The lowest BCUT2D eigenvalue weighted by Crippen LogP contribution is -2.45. The zero-order valence-electron chi connectivity index (χ0n) is 12.9. The minimum atomic E-state index is -0.285. The van der Waals surface area contributed by atoms with Crippen LogP contribution in [0, 0.1) is 5.92 Å². The van der Waals surface area contributed by atoms with Crippen molar-refractivity contribution in [2.45, 2.75) is 19.3 Å². The highest BCUT2D eigenvalue weighted by Gasteiger charge is 2.24. The van der Waals surface area contributed by atoms with E-state index in [4.69, 9.17) is 28.9 Å². The molecule has 1 aliphatic rings. The van der Waals surface area contributed by atoms with E-state index in [1.54, 1.807) is 12.1 Å². The molecule has 2 rings (SSSR count). The average molecular weight is 358 g/mol. The lowest BCUT2D eigenvalue weighted by Gasteiger charge is -2.30. The van der Waals surface area contributed by atoms with Gasteiger partial charge in [0.15, 0.2) is 0 Å². The zero-order chi connectivity index (χ0) is 16.8. The normalized spacial score (nSPS) is 18.6. The van der Waals surface area contributed by atoms with E-state index in [1.807, 2.05) is 11.0 Å². The SMILES string of the molecule is NC(=O)[C@H]1CCCN(CC(=O)NCCc2ccc(Cl)cc2Cl)C1. The van der Waals surface area contributed by atoms with Crippen LogP contribution < -0.4 is 11.1 Å². The predicted octanol–water partition coefficient (Wildman–Crippen LogP) is 1.85. The van der Waals surface area contributed by atoms with Crippen LogP contribution in [0.15, 0.2) is 18.2 Å². The number of hydrogen-bond donors (Lipinski definition) is 2. The highest BCUT2D eigenvalue weighted by molar-refractivity contribution is 6.35. The van der Waals surface area contributed by atoms with Gasteiger partial charge in [-0.25, -0.2) is 0 Å². The molecule has 0 unspecified atom stereocenters. The lowest BCUT2D eigenvalue weighted by atomic mass is 9.97. The number of nitrogens with one attached hydrogen (secondary N) is 1. The molecule has 23 heavy (non-hydrogen) atoms. The fourth-order valence-corrected chi connectivity index (χ4v) is 3.25. The Bertz CT molecular complexity index is 580. The Morgan fingerprint density at radius 2 is 2.13 bits per heavy atom. The molecule has 0 aliphatic carbocycles. The Kier molecular flexibility index (Phi) is 6.69. The molecule has 7 heteroatoms. The van der Waals surface area contributed by atoms with Crippen molar-refractivity contribution in [3.63, 3.8) is 0 Å². The first kappa shape index (κ1) is 18.0. The van der Waals surface area contributed by atoms with Crippen LogP contribution in [0.25, 0.3) is 0 Å². The molecule has 1 fully saturated rings. The maximum atomic E-state index is 12.0. The standard InChI is InChI=1S/C16H21Cl2N3O2/c17-13-4-3-11(14(18)8-13)5-6-20-15(22)10-21-7-1-2-12(9-21)16(19)23/h3-4,8,12H,1-2,5-7,9-10H2,(H2,19,23)(H,20,22)/t12-/m0/s1. The number of hydrogen-bond acceptors (Lipinski definition) is 3. The van der Waals surface area contributed by atoms with Crippen LogP contribution in [0.4, 0.5) is 0 Å². The number of rotatable bonds is 6. The molecule has 1 heterocycles. The van der Waals surface area contributed by atoms with E-state index < -0.39 is 0 Å². The van der Waals surface area contributed by atoms with Crippen molar-refractivity contribution in [3.8, 4) is 0 Å². The molecular weight excluding hydrogens is 337 g/mol. The molecule has 1 aromatic rings. The van der Waals surface area contributed by atoms with Crippen molar-refractivity contribution in [2.24, 2.45) is 11.7 Å². The topological polar surface area (TPSA) is 75.4 Å². The van der Waals surface area contributed by atoms with E-state index in [2.05, 4.69) is 5.32 Å². The second kappa shape index (κ2) is 8.52. The largest absolute Gasteiger partial charge is 0.369 e. The smallest absolute Gasteiger partial charge is 0.234 e. The van der Waals surface area contributed by atoms with Crippen LogP contribution in [0.5, 0.6) is 0 Å². The van der Waals surface area contributed by atoms with E-state index in [-0.39, 0.29) is 24.3 Å². The summed E-state index contributed by atoms with van der Waals surface area (Å²) in [5.74, 6) is -0.489. The highest BCUT2D eigenvalue weighted by Crippen LogP contribution is 2.21. The molecule has 2 amide bonds. The van der Waals surface area contributed by atoms with Gasteiger partial charge in [0.05, 0.1) is 12.5 Å². The maximum Gasteiger partial charge on any atom is 0.234 e. The van der Waals surface area contributed by atoms with E-state index in [0.29, 0.717) is 29.6 Å². The molecule has 1 aromatic carbocycles. The van der Waals surface area contributed by atoms with Gasteiger partial charge in [-0.1, -0.05) is 29.3 Å². The van der Waals surface area contributed by atoms with E-state index in [9.17, 15) is 9.59 Å². The number of likely N-dealkylation sites (tertiary alicyclic amines) is 1. The molecule has 0 saturated carbocycles. The van der Waals surface area contributed by atoms with Gasteiger partial charge in [0.2, 0.25) is 11.8 Å². The first-order valence-corrected chi connectivity index (χ1v) is 8.43. The third-order valence-corrected chi connectivity index (χ3v) is 4.59. The summed E-state index contributed by atoms with van der Waals surface area (Å²) in [6, 6.07) is 5.33. The van der Waals surface area contributed by atoms with Crippen LogP contribution in [-0.2, 0) is 16.0 Å².